The van der Waals surface area contributed by atoms with Crippen molar-refractivity contribution in [3.8, 4) is 0 Å². The summed E-state index contributed by atoms with van der Waals surface area (Å²) in [5, 5.41) is 1.05. The van der Waals surface area contributed by atoms with Crippen molar-refractivity contribution in [2.75, 3.05) is 55.0 Å². The Morgan fingerprint density at radius 2 is 1.77 bits per heavy atom. The number of fused-ring (bicyclic) bond motifs is 1. The summed E-state index contributed by atoms with van der Waals surface area (Å²) in [6.45, 7) is 5.47. The molecule has 26 heavy (non-hydrogen) atoms. The van der Waals surface area contributed by atoms with E-state index in [1.807, 2.05) is 38.1 Å². The van der Waals surface area contributed by atoms with Crippen LogP contribution in [-0.2, 0) is 0 Å². The SMILES string of the molecule is Cc1nc(N2CCN(c3cc(N(C)C)ncn3)CC2)c2ccncc2n1. The highest BCUT2D eigenvalue weighted by molar-refractivity contribution is 5.88. The van der Waals surface area contributed by atoms with Crippen LogP contribution in [0.3, 0.4) is 0 Å². The lowest BCUT2D eigenvalue weighted by atomic mass is 10.2. The summed E-state index contributed by atoms with van der Waals surface area (Å²) >= 11 is 0. The zero-order valence-electron chi connectivity index (χ0n) is 15.3. The first-order chi connectivity index (χ1) is 12.6. The second-order valence-corrected chi connectivity index (χ2v) is 6.59. The molecule has 1 saturated heterocycles. The Balaban J connectivity index is 1.55. The first kappa shape index (κ1) is 16.4. The van der Waals surface area contributed by atoms with Gasteiger partial charge in [-0.25, -0.2) is 19.9 Å². The van der Waals surface area contributed by atoms with E-state index in [2.05, 4.69) is 29.7 Å². The molecule has 0 unspecified atom stereocenters. The van der Waals surface area contributed by atoms with Crippen LogP contribution in [0.4, 0.5) is 17.5 Å². The molecule has 0 atom stereocenters. The predicted molar refractivity (Wildman–Crippen MR) is 103 cm³/mol. The number of aromatic nitrogens is 5. The smallest absolute Gasteiger partial charge is 0.140 e. The maximum Gasteiger partial charge on any atom is 0.140 e. The van der Waals surface area contributed by atoms with Gasteiger partial charge in [-0.2, -0.15) is 0 Å². The molecular formula is C18H22N8. The summed E-state index contributed by atoms with van der Waals surface area (Å²) in [5.74, 6) is 3.65. The average Bonchev–Trinajstić information content (AvgIpc) is 2.67. The molecule has 0 spiro atoms. The van der Waals surface area contributed by atoms with Gasteiger partial charge < -0.3 is 14.7 Å². The molecule has 1 aliphatic heterocycles. The van der Waals surface area contributed by atoms with Crippen molar-refractivity contribution >= 4 is 28.4 Å². The van der Waals surface area contributed by atoms with Gasteiger partial charge in [0, 0.05) is 57.9 Å². The van der Waals surface area contributed by atoms with Crippen LogP contribution in [0.15, 0.2) is 30.9 Å². The van der Waals surface area contributed by atoms with Gasteiger partial charge >= 0.3 is 0 Å². The topological polar surface area (TPSA) is 74.2 Å². The largest absolute Gasteiger partial charge is 0.363 e. The Kier molecular flexibility index (Phi) is 4.24. The molecule has 3 aromatic heterocycles. The highest BCUT2D eigenvalue weighted by Crippen LogP contribution is 2.25. The number of hydrogen-bond acceptors (Lipinski definition) is 8. The van der Waals surface area contributed by atoms with Gasteiger partial charge in [-0.3, -0.25) is 4.98 Å². The minimum atomic E-state index is 0.773. The second-order valence-electron chi connectivity index (χ2n) is 6.59. The van der Waals surface area contributed by atoms with E-state index in [4.69, 9.17) is 4.98 Å². The van der Waals surface area contributed by atoms with Crippen molar-refractivity contribution in [1.29, 1.82) is 0 Å². The van der Waals surface area contributed by atoms with Crippen molar-refractivity contribution in [2.45, 2.75) is 6.92 Å². The Hall–Kier alpha value is -3.03. The molecule has 0 radical (unpaired) electrons. The van der Waals surface area contributed by atoms with Gasteiger partial charge in [-0.05, 0) is 13.0 Å². The normalized spacial score (nSPS) is 14.7. The number of hydrogen-bond donors (Lipinski definition) is 0. The van der Waals surface area contributed by atoms with Crippen LogP contribution >= 0.6 is 0 Å². The zero-order valence-corrected chi connectivity index (χ0v) is 15.3. The van der Waals surface area contributed by atoms with Crippen molar-refractivity contribution in [3.05, 3.63) is 36.7 Å². The quantitative estimate of drug-likeness (QED) is 0.704. The lowest BCUT2D eigenvalue weighted by Crippen LogP contribution is -2.47. The monoisotopic (exact) mass is 350 g/mol. The third-order valence-corrected chi connectivity index (χ3v) is 4.59. The maximum absolute atomic E-state index is 4.70. The molecule has 8 nitrogen and oxygen atoms in total. The summed E-state index contributed by atoms with van der Waals surface area (Å²) in [4.78, 5) is 28.7. The summed E-state index contributed by atoms with van der Waals surface area (Å²) in [6, 6.07) is 4.02. The van der Waals surface area contributed by atoms with Crippen LogP contribution < -0.4 is 14.7 Å². The van der Waals surface area contributed by atoms with E-state index >= 15 is 0 Å². The van der Waals surface area contributed by atoms with Crippen LogP contribution in [0.25, 0.3) is 10.9 Å². The van der Waals surface area contributed by atoms with Crippen molar-refractivity contribution in [1.82, 2.24) is 24.9 Å². The van der Waals surface area contributed by atoms with Crippen molar-refractivity contribution in [3.63, 3.8) is 0 Å². The summed E-state index contributed by atoms with van der Waals surface area (Å²) in [6.07, 6.45) is 5.23. The molecular weight excluding hydrogens is 328 g/mol. The molecule has 4 heterocycles. The molecule has 3 aromatic rings. The van der Waals surface area contributed by atoms with Gasteiger partial charge in [0.15, 0.2) is 0 Å². The highest BCUT2D eigenvalue weighted by Gasteiger charge is 2.21. The van der Waals surface area contributed by atoms with Crippen LogP contribution in [0.5, 0.6) is 0 Å². The van der Waals surface area contributed by atoms with Crippen LogP contribution in [0, 0.1) is 6.92 Å². The third-order valence-electron chi connectivity index (χ3n) is 4.59. The van der Waals surface area contributed by atoms with Crippen LogP contribution in [0.1, 0.15) is 5.82 Å². The van der Waals surface area contributed by atoms with Gasteiger partial charge in [0.25, 0.3) is 0 Å². The predicted octanol–water partition coefficient (Wildman–Crippen LogP) is 1.52. The maximum atomic E-state index is 4.70. The van der Waals surface area contributed by atoms with Gasteiger partial charge in [0.2, 0.25) is 0 Å². The van der Waals surface area contributed by atoms with E-state index in [1.54, 1.807) is 18.7 Å². The minimum absolute atomic E-state index is 0.773. The van der Waals surface area contributed by atoms with Crippen molar-refractivity contribution in [2.24, 2.45) is 0 Å². The molecule has 0 saturated carbocycles. The van der Waals surface area contributed by atoms with E-state index in [-0.39, 0.29) is 0 Å². The van der Waals surface area contributed by atoms with Gasteiger partial charge in [-0.1, -0.05) is 0 Å². The first-order valence-corrected chi connectivity index (χ1v) is 8.69. The van der Waals surface area contributed by atoms with Crippen molar-refractivity contribution < 1.29 is 0 Å². The summed E-state index contributed by atoms with van der Waals surface area (Å²) in [7, 11) is 3.98. The molecule has 8 heteroatoms. The van der Waals surface area contributed by atoms with Gasteiger partial charge in [0.1, 0.15) is 29.6 Å². The zero-order chi connectivity index (χ0) is 18.1. The van der Waals surface area contributed by atoms with Crippen LogP contribution in [-0.4, -0.2) is 65.2 Å². The number of aryl methyl sites for hydroxylation is 1. The lowest BCUT2D eigenvalue weighted by molar-refractivity contribution is 0.641. The molecule has 1 fully saturated rings. The van der Waals surface area contributed by atoms with Gasteiger partial charge in [-0.15, -0.1) is 0 Å². The number of piperazine rings is 1. The second kappa shape index (κ2) is 6.70. The summed E-state index contributed by atoms with van der Waals surface area (Å²) in [5.41, 5.74) is 0.892. The number of anilines is 3. The van der Waals surface area contributed by atoms with Crippen LogP contribution in [0.2, 0.25) is 0 Å². The Bertz CT molecular complexity index is 918. The average molecular weight is 350 g/mol. The summed E-state index contributed by atoms with van der Waals surface area (Å²) < 4.78 is 0. The molecule has 1 aliphatic rings. The molecule has 0 bridgehead atoms. The molecule has 4 rings (SSSR count). The molecule has 0 amide bonds. The fourth-order valence-corrected chi connectivity index (χ4v) is 3.22. The molecule has 0 aliphatic carbocycles. The fraction of sp³-hybridized carbons (Fsp3) is 0.389. The third kappa shape index (κ3) is 3.10. The lowest BCUT2D eigenvalue weighted by Gasteiger charge is -2.36. The van der Waals surface area contributed by atoms with E-state index in [0.29, 0.717) is 0 Å². The first-order valence-electron chi connectivity index (χ1n) is 8.69. The van der Waals surface area contributed by atoms with E-state index in [1.165, 1.54) is 0 Å². The fourth-order valence-electron chi connectivity index (χ4n) is 3.22. The molecule has 0 aromatic carbocycles. The van der Waals surface area contributed by atoms with E-state index in [9.17, 15) is 0 Å². The number of nitrogens with zero attached hydrogens (tertiary/aromatic N) is 8. The molecule has 134 valence electrons. The standard InChI is InChI=1S/C18H22N8/c1-13-22-15-11-19-5-4-14(15)18(23-13)26-8-6-25(7-9-26)17-10-16(24(2)3)20-12-21-17/h4-5,10-12H,6-9H2,1-3H3. The Morgan fingerprint density at radius 3 is 2.54 bits per heavy atom. The van der Waals surface area contributed by atoms with Gasteiger partial charge in [0.05, 0.1) is 11.7 Å². The number of pyridine rings is 1. The molecule has 0 N–H and O–H groups in total. The number of rotatable bonds is 3. The van der Waals surface area contributed by atoms with E-state index in [0.717, 1.165) is 60.4 Å². The minimum Gasteiger partial charge on any atom is -0.363 e. The Morgan fingerprint density at radius 1 is 1.00 bits per heavy atom. The Labute approximate surface area is 152 Å². The van der Waals surface area contributed by atoms with E-state index < -0.39 is 0 Å². The highest BCUT2D eigenvalue weighted by atomic mass is 15.3.